The second-order valence-corrected chi connectivity index (χ2v) is 8.60. The number of nitrogens with one attached hydrogen (secondary N) is 3. The van der Waals surface area contributed by atoms with Crippen molar-refractivity contribution in [1.29, 1.82) is 0 Å². The SMILES string of the molecule is CSCCC1NC(=O)c2cc(NC(=O)CCn3cnc4ccccc4c3=O)ccc2NC1=O. The molecule has 0 aliphatic carbocycles. The molecule has 1 atom stereocenters. The van der Waals surface area contributed by atoms with Crippen LogP contribution >= 0.6 is 11.8 Å². The summed E-state index contributed by atoms with van der Waals surface area (Å²) in [5.41, 5.74) is 1.50. The fraction of sp³-hybridized carbons (Fsp3) is 0.261. The van der Waals surface area contributed by atoms with Crippen molar-refractivity contribution in [3.8, 4) is 0 Å². The molecule has 2 heterocycles. The maximum atomic E-state index is 12.7. The van der Waals surface area contributed by atoms with E-state index in [1.54, 1.807) is 42.1 Å². The smallest absolute Gasteiger partial charge is 0.261 e. The van der Waals surface area contributed by atoms with Crippen molar-refractivity contribution in [3.63, 3.8) is 0 Å². The molecule has 0 saturated carbocycles. The van der Waals surface area contributed by atoms with Gasteiger partial charge in [-0.3, -0.25) is 23.7 Å². The Bertz CT molecular complexity index is 1290. The molecule has 10 heteroatoms. The Morgan fingerprint density at radius 2 is 2.00 bits per heavy atom. The number of aryl methyl sites for hydroxylation is 1. The van der Waals surface area contributed by atoms with E-state index in [9.17, 15) is 19.2 Å². The summed E-state index contributed by atoms with van der Waals surface area (Å²) in [7, 11) is 0. The Morgan fingerprint density at radius 3 is 2.82 bits per heavy atom. The number of carbonyl (C=O) groups is 3. The summed E-state index contributed by atoms with van der Waals surface area (Å²) in [6, 6.07) is 11.2. The summed E-state index contributed by atoms with van der Waals surface area (Å²) in [4.78, 5) is 54.3. The Kier molecular flexibility index (Phi) is 6.74. The first-order valence-electron chi connectivity index (χ1n) is 10.4. The zero-order chi connectivity index (χ0) is 23.4. The summed E-state index contributed by atoms with van der Waals surface area (Å²) in [6.45, 7) is 0.168. The lowest BCUT2D eigenvalue weighted by Gasteiger charge is -2.13. The van der Waals surface area contributed by atoms with Crippen molar-refractivity contribution in [2.75, 3.05) is 22.6 Å². The van der Waals surface area contributed by atoms with Gasteiger partial charge >= 0.3 is 0 Å². The van der Waals surface area contributed by atoms with Gasteiger partial charge in [0.05, 0.1) is 28.5 Å². The van der Waals surface area contributed by atoms with Gasteiger partial charge in [-0.25, -0.2) is 4.98 Å². The van der Waals surface area contributed by atoms with E-state index in [1.807, 2.05) is 12.3 Å². The van der Waals surface area contributed by atoms with Gasteiger partial charge < -0.3 is 16.0 Å². The number of fused-ring (bicyclic) bond motifs is 2. The topological polar surface area (TPSA) is 122 Å². The van der Waals surface area contributed by atoms with Crippen molar-refractivity contribution in [1.82, 2.24) is 14.9 Å². The number of amides is 3. The fourth-order valence-electron chi connectivity index (χ4n) is 3.59. The third-order valence-corrected chi connectivity index (χ3v) is 5.99. The molecule has 33 heavy (non-hydrogen) atoms. The number of nitrogens with zero attached hydrogens (tertiary/aromatic N) is 2. The normalized spacial score (nSPS) is 15.4. The molecule has 1 aromatic heterocycles. The highest BCUT2D eigenvalue weighted by molar-refractivity contribution is 7.98. The van der Waals surface area contributed by atoms with Crippen LogP contribution in [0.2, 0.25) is 0 Å². The van der Waals surface area contributed by atoms with Crippen molar-refractivity contribution >= 4 is 51.8 Å². The van der Waals surface area contributed by atoms with Gasteiger partial charge in [-0.1, -0.05) is 12.1 Å². The minimum atomic E-state index is -0.607. The van der Waals surface area contributed by atoms with Crippen LogP contribution in [0.4, 0.5) is 11.4 Å². The van der Waals surface area contributed by atoms with Crippen molar-refractivity contribution < 1.29 is 14.4 Å². The van der Waals surface area contributed by atoms with Crippen molar-refractivity contribution in [2.24, 2.45) is 0 Å². The number of hydrogen-bond acceptors (Lipinski definition) is 6. The molecule has 2 aromatic carbocycles. The van der Waals surface area contributed by atoms with Gasteiger partial charge in [-0.2, -0.15) is 11.8 Å². The van der Waals surface area contributed by atoms with Crippen LogP contribution in [0.3, 0.4) is 0 Å². The van der Waals surface area contributed by atoms with Crippen LogP contribution in [0.5, 0.6) is 0 Å². The van der Waals surface area contributed by atoms with Crippen LogP contribution in [0.1, 0.15) is 23.2 Å². The molecule has 170 valence electrons. The molecule has 0 bridgehead atoms. The lowest BCUT2D eigenvalue weighted by Crippen LogP contribution is -2.41. The van der Waals surface area contributed by atoms with Gasteiger partial charge in [-0.05, 0) is 48.8 Å². The van der Waals surface area contributed by atoms with E-state index >= 15 is 0 Å². The second kappa shape index (κ2) is 9.86. The summed E-state index contributed by atoms with van der Waals surface area (Å²) in [5.74, 6) is -0.209. The highest BCUT2D eigenvalue weighted by atomic mass is 32.2. The predicted molar refractivity (Wildman–Crippen MR) is 129 cm³/mol. The monoisotopic (exact) mass is 465 g/mol. The highest BCUT2D eigenvalue weighted by Gasteiger charge is 2.27. The Balaban J connectivity index is 1.43. The van der Waals surface area contributed by atoms with Crippen LogP contribution in [0, 0.1) is 0 Å². The van der Waals surface area contributed by atoms with Crippen molar-refractivity contribution in [2.45, 2.75) is 25.4 Å². The number of aromatic nitrogens is 2. The summed E-state index contributed by atoms with van der Waals surface area (Å²) >= 11 is 1.60. The number of rotatable bonds is 7. The number of para-hydroxylation sites is 1. The number of benzene rings is 2. The molecular weight excluding hydrogens is 442 g/mol. The van der Waals surface area contributed by atoms with Crippen LogP contribution in [0.15, 0.2) is 53.6 Å². The van der Waals surface area contributed by atoms with E-state index in [4.69, 9.17) is 0 Å². The minimum absolute atomic E-state index is 0.0523. The molecular formula is C23H23N5O4S. The van der Waals surface area contributed by atoms with E-state index in [2.05, 4.69) is 20.9 Å². The number of hydrogen-bond donors (Lipinski definition) is 3. The first-order chi connectivity index (χ1) is 16.0. The summed E-state index contributed by atoms with van der Waals surface area (Å²) in [6.07, 6.45) is 3.95. The van der Waals surface area contributed by atoms with E-state index in [-0.39, 0.29) is 41.8 Å². The maximum Gasteiger partial charge on any atom is 0.261 e. The lowest BCUT2D eigenvalue weighted by atomic mass is 10.1. The maximum absolute atomic E-state index is 12.7. The first-order valence-corrected chi connectivity index (χ1v) is 11.8. The van der Waals surface area contributed by atoms with Gasteiger partial charge in [0.15, 0.2) is 0 Å². The molecule has 0 spiro atoms. The Labute approximate surface area is 194 Å². The molecule has 3 aromatic rings. The van der Waals surface area contributed by atoms with Gasteiger partial charge in [0.25, 0.3) is 11.5 Å². The predicted octanol–water partition coefficient (Wildman–Crippen LogP) is 2.23. The minimum Gasteiger partial charge on any atom is -0.340 e. The third-order valence-electron chi connectivity index (χ3n) is 5.35. The Morgan fingerprint density at radius 1 is 1.18 bits per heavy atom. The first kappa shape index (κ1) is 22.5. The Hall–Kier alpha value is -3.66. The summed E-state index contributed by atoms with van der Waals surface area (Å²) < 4.78 is 1.40. The van der Waals surface area contributed by atoms with E-state index in [0.29, 0.717) is 28.7 Å². The van der Waals surface area contributed by atoms with Gasteiger partial charge in [-0.15, -0.1) is 0 Å². The molecule has 1 unspecified atom stereocenters. The second-order valence-electron chi connectivity index (χ2n) is 7.62. The van der Waals surface area contributed by atoms with Crippen LogP contribution in [0.25, 0.3) is 10.9 Å². The van der Waals surface area contributed by atoms with E-state index in [1.165, 1.54) is 17.0 Å². The lowest BCUT2D eigenvalue weighted by molar-refractivity contribution is -0.118. The number of thioether (sulfide) groups is 1. The molecule has 3 amide bonds. The van der Waals surface area contributed by atoms with Crippen LogP contribution in [-0.2, 0) is 16.1 Å². The zero-order valence-electron chi connectivity index (χ0n) is 18.0. The number of anilines is 2. The van der Waals surface area contributed by atoms with Gasteiger partial charge in [0.1, 0.15) is 6.04 Å². The van der Waals surface area contributed by atoms with E-state index < -0.39 is 6.04 Å². The van der Waals surface area contributed by atoms with Crippen LogP contribution < -0.4 is 21.5 Å². The molecule has 0 saturated heterocycles. The molecule has 3 N–H and O–H groups in total. The molecule has 0 fully saturated rings. The van der Waals surface area contributed by atoms with E-state index in [0.717, 1.165) is 5.75 Å². The molecule has 1 aliphatic rings. The highest BCUT2D eigenvalue weighted by Crippen LogP contribution is 2.24. The fourth-order valence-corrected chi connectivity index (χ4v) is 4.06. The average Bonchev–Trinajstić information content (AvgIpc) is 2.93. The largest absolute Gasteiger partial charge is 0.340 e. The van der Waals surface area contributed by atoms with Crippen LogP contribution in [-0.4, -0.2) is 45.3 Å². The number of carbonyl (C=O) groups excluding carboxylic acids is 3. The zero-order valence-corrected chi connectivity index (χ0v) is 18.8. The molecule has 4 rings (SSSR count). The average molecular weight is 466 g/mol. The standard InChI is InChI=1S/C23H23N5O4S/c1-33-11-9-19-22(31)26-18-7-6-14(12-16(18)21(30)27-19)25-20(29)8-10-28-13-24-17-5-3-2-4-15(17)23(28)32/h2-7,12-13,19H,8-11H2,1H3,(H,25,29)(H,26,31)(H,27,30). The summed E-state index contributed by atoms with van der Waals surface area (Å²) in [5, 5.41) is 8.76. The third kappa shape index (κ3) is 5.06. The molecule has 1 aliphatic heterocycles. The van der Waals surface area contributed by atoms with Crippen molar-refractivity contribution in [3.05, 3.63) is 64.7 Å². The molecule has 0 radical (unpaired) electrons. The van der Waals surface area contributed by atoms with Gasteiger partial charge in [0.2, 0.25) is 11.8 Å². The quantitative estimate of drug-likeness (QED) is 0.492. The van der Waals surface area contributed by atoms with Gasteiger partial charge in [0, 0.05) is 18.7 Å². The molecule has 9 nitrogen and oxygen atoms in total.